The quantitative estimate of drug-likeness (QED) is 0.853. The first-order chi connectivity index (χ1) is 7.87. The predicted molar refractivity (Wildman–Crippen MR) is 71.2 cm³/mol. The third-order valence-electron chi connectivity index (χ3n) is 2.17. The maximum Gasteiger partial charge on any atom is 0.122 e. The van der Waals surface area contributed by atoms with E-state index in [1.54, 1.807) is 6.20 Å². The largest absolute Gasteiger partial charge is 0.493 e. The fourth-order valence-electron chi connectivity index (χ4n) is 1.26. The fourth-order valence-corrected chi connectivity index (χ4v) is 1.26. The van der Waals surface area contributed by atoms with E-state index in [2.05, 4.69) is 44.9 Å². The summed E-state index contributed by atoms with van der Waals surface area (Å²) in [7, 11) is 0. The minimum atomic E-state index is 0.108. The van der Waals surface area contributed by atoms with Crippen molar-refractivity contribution in [3.63, 3.8) is 0 Å². The Hall–Kier alpha value is -1.09. The molecular formula is C14H24N2O. The van der Waals surface area contributed by atoms with E-state index in [9.17, 15) is 0 Å². The van der Waals surface area contributed by atoms with Crippen molar-refractivity contribution >= 4 is 0 Å². The normalized spacial score (nSPS) is 11.9. The maximum atomic E-state index is 5.67. The van der Waals surface area contributed by atoms with Crippen molar-refractivity contribution in [3.8, 4) is 5.75 Å². The van der Waals surface area contributed by atoms with Crippen LogP contribution in [0.1, 0.15) is 40.3 Å². The Labute approximate surface area is 105 Å². The standard InChI is InChI=1S/C14H24N2O/c1-11(2)10-17-13-6-7-15-12(8-13)9-16-14(3,4)5/h6-8,11,16H,9-10H2,1-5H3. The van der Waals surface area contributed by atoms with Crippen LogP contribution in [-0.4, -0.2) is 17.1 Å². The molecule has 3 nitrogen and oxygen atoms in total. The summed E-state index contributed by atoms with van der Waals surface area (Å²) in [5.74, 6) is 1.44. The maximum absolute atomic E-state index is 5.67. The minimum Gasteiger partial charge on any atom is -0.493 e. The SMILES string of the molecule is CC(C)COc1ccnc(CNC(C)(C)C)c1. The van der Waals surface area contributed by atoms with Crippen molar-refractivity contribution in [1.29, 1.82) is 0 Å². The summed E-state index contributed by atoms with van der Waals surface area (Å²) in [6.07, 6.45) is 1.80. The van der Waals surface area contributed by atoms with Crippen LogP contribution in [0, 0.1) is 5.92 Å². The van der Waals surface area contributed by atoms with E-state index >= 15 is 0 Å². The lowest BCUT2D eigenvalue weighted by Crippen LogP contribution is -2.35. The van der Waals surface area contributed by atoms with Gasteiger partial charge in [-0.2, -0.15) is 0 Å². The van der Waals surface area contributed by atoms with E-state index < -0.39 is 0 Å². The molecule has 0 amide bonds. The van der Waals surface area contributed by atoms with Gasteiger partial charge in [-0.05, 0) is 32.8 Å². The van der Waals surface area contributed by atoms with Gasteiger partial charge in [0.15, 0.2) is 0 Å². The van der Waals surface area contributed by atoms with Crippen molar-refractivity contribution in [2.45, 2.75) is 46.7 Å². The second kappa shape index (κ2) is 6.01. The fraction of sp³-hybridized carbons (Fsp3) is 0.643. The van der Waals surface area contributed by atoms with Crippen LogP contribution in [-0.2, 0) is 6.54 Å². The van der Waals surface area contributed by atoms with Crippen molar-refractivity contribution in [2.24, 2.45) is 5.92 Å². The van der Waals surface area contributed by atoms with Gasteiger partial charge < -0.3 is 10.1 Å². The summed E-state index contributed by atoms with van der Waals surface area (Å²) in [6, 6.07) is 3.91. The topological polar surface area (TPSA) is 34.1 Å². The lowest BCUT2D eigenvalue weighted by atomic mass is 10.1. The molecule has 0 fully saturated rings. The number of rotatable bonds is 5. The summed E-state index contributed by atoms with van der Waals surface area (Å²) in [6.45, 7) is 12.2. The Morgan fingerprint density at radius 1 is 1.35 bits per heavy atom. The van der Waals surface area contributed by atoms with Gasteiger partial charge in [0.2, 0.25) is 0 Å². The predicted octanol–water partition coefficient (Wildman–Crippen LogP) is 3.00. The van der Waals surface area contributed by atoms with E-state index in [4.69, 9.17) is 4.74 Å². The molecule has 1 N–H and O–H groups in total. The van der Waals surface area contributed by atoms with Crippen LogP contribution < -0.4 is 10.1 Å². The molecular weight excluding hydrogens is 212 g/mol. The summed E-state index contributed by atoms with van der Waals surface area (Å²) >= 11 is 0. The third kappa shape index (κ3) is 6.27. The zero-order chi connectivity index (χ0) is 12.9. The number of hydrogen-bond donors (Lipinski definition) is 1. The van der Waals surface area contributed by atoms with Crippen molar-refractivity contribution in [1.82, 2.24) is 10.3 Å². The van der Waals surface area contributed by atoms with Gasteiger partial charge in [-0.25, -0.2) is 0 Å². The highest BCUT2D eigenvalue weighted by atomic mass is 16.5. The summed E-state index contributed by atoms with van der Waals surface area (Å²) in [5.41, 5.74) is 1.12. The lowest BCUT2D eigenvalue weighted by Gasteiger charge is -2.20. The highest BCUT2D eigenvalue weighted by molar-refractivity contribution is 5.22. The molecule has 0 saturated heterocycles. The van der Waals surface area contributed by atoms with Crippen molar-refractivity contribution in [2.75, 3.05) is 6.61 Å². The van der Waals surface area contributed by atoms with Gasteiger partial charge in [-0.1, -0.05) is 13.8 Å². The molecule has 17 heavy (non-hydrogen) atoms. The summed E-state index contributed by atoms with van der Waals surface area (Å²) in [4.78, 5) is 4.33. The Balaban J connectivity index is 2.54. The van der Waals surface area contributed by atoms with E-state index in [-0.39, 0.29) is 5.54 Å². The smallest absolute Gasteiger partial charge is 0.122 e. The number of aromatic nitrogens is 1. The van der Waals surface area contributed by atoms with Crippen LogP contribution in [0.4, 0.5) is 0 Å². The Morgan fingerprint density at radius 3 is 2.65 bits per heavy atom. The van der Waals surface area contributed by atoms with Gasteiger partial charge in [0, 0.05) is 24.3 Å². The third-order valence-corrected chi connectivity index (χ3v) is 2.17. The molecule has 1 aromatic heterocycles. The molecule has 0 aliphatic carbocycles. The zero-order valence-corrected chi connectivity index (χ0v) is 11.6. The van der Waals surface area contributed by atoms with E-state index in [1.165, 1.54) is 0 Å². The van der Waals surface area contributed by atoms with Crippen LogP contribution in [0.15, 0.2) is 18.3 Å². The first kappa shape index (κ1) is 14.0. The second-order valence-corrected chi connectivity index (χ2v) is 5.79. The van der Waals surface area contributed by atoms with Crippen LogP contribution in [0.3, 0.4) is 0 Å². The number of hydrogen-bond acceptors (Lipinski definition) is 3. The Bertz CT molecular complexity index is 342. The van der Waals surface area contributed by atoms with E-state index in [1.807, 2.05) is 12.1 Å². The molecule has 0 radical (unpaired) electrons. The average Bonchev–Trinajstić information content (AvgIpc) is 2.23. The second-order valence-electron chi connectivity index (χ2n) is 5.79. The van der Waals surface area contributed by atoms with Gasteiger partial charge in [-0.3, -0.25) is 4.98 Å². The first-order valence-electron chi connectivity index (χ1n) is 6.19. The number of nitrogens with one attached hydrogen (secondary N) is 1. The molecule has 1 heterocycles. The van der Waals surface area contributed by atoms with Gasteiger partial charge >= 0.3 is 0 Å². The van der Waals surface area contributed by atoms with Gasteiger partial charge in [0.25, 0.3) is 0 Å². The summed E-state index contributed by atoms with van der Waals surface area (Å²) < 4.78 is 5.67. The first-order valence-corrected chi connectivity index (χ1v) is 6.19. The molecule has 96 valence electrons. The van der Waals surface area contributed by atoms with Gasteiger partial charge in [-0.15, -0.1) is 0 Å². The van der Waals surface area contributed by atoms with E-state index in [0.717, 1.165) is 24.6 Å². The highest BCUT2D eigenvalue weighted by Gasteiger charge is 2.09. The van der Waals surface area contributed by atoms with Gasteiger partial charge in [0.1, 0.15) is 5.75 Å². The molecule has 0 unspecified atom stereocenters. The summed E-state index contributed by atoms with van der Waals surface area (Å²) in [5, 5.41) is 3.41. The average molecular weight is 236 g/mol. The number of nitrogens with zero attached hydrogens (tertiary/aromatic N) is 1. The van der Waals surface area contributed by atoms with Gasteiger partial charge in [0.05, 0.1) is 12.3 Å². The molecule has 0 aliphatic rings. The zero-order valence-electron chi connectivity index (χ0n) is 11.6. The van der Waals surface area contributed by atoms with Crippen LogP contribution in [0.2, 0.25) is 0 Å². The lowest BCUT2D eigenvalue weighted by molar-refractivity contribution is 0.270. The highest BCUT2D eigenvalue weighted by Crippen LogP contribution is 2.13. The molecule has 0 atom stereocenters. The number of pyridine rings is 1. The van der Waals surface area contributed by atoms with Crippen molar-refractivity contribution in [3.05, 3.63) is 24.0 Å². The molecule has 0 saturated carbocycles. The van der Waals surface area contributed by atoms with Crippen LogP contribution >= 0.6 is 0 Å². The molecule has 3 heteroatoms. The molecule has 1 rings (SSSR count). The molecule has 0 bridgehead atoms. The minimum absolute atomic E-state index is 0.108. The van der Waals surface area contributed by atoms with E-state index in [0.29, 0.717) is 5.92 Å². The molecule has 0 aromatic carbocycles. The van der Waals surface area contributed by atoms with Crippen LogP contribution in [0.25, 0.3) is 0 Å². The monoisotopic (exact) mass is 236 g/mol. The number of ether oxygens (including phenoxy) is 1. The molecule has 0 aliphatic heterocycles. The van der Waals surface area contributed by atoms with Crippen molar-refractivity contribution < 1.29 is 4.74 Å². The molecule has 0 spiro atoms. The Morgan fingerprint density at radius 2 is 2.06 bits per heavy atom. The molecule has 1 aromatic rings. The van der Waals surface area contributed by atoms with Crippen LogP contribution in [0.5, 0.6) is 5.75 Å². The Kier molecular flexibility index (Phi) is 4.94.